The van der Waals surface area contributed by atoms with Gasteiger partial charge in [0.05, 0.1) is 6.10 Å². The number of hydrogen-bond acceptors (Lipinski definition) is 4. The number of aliphatic hydroxyl groups excluding tert-OH is 1. The summed E-state index contributed by atoms with van der Waals surface area (Å²) in [5, 5.41) is 15.4. The molecular formula is C5H10O5S. The van der Waals surface area contributed by atoms with Crippen LogP contribution in [0.25, 0.3) is 0 Å². The quantitative estimate of drug-likeness (QED) is 0.576. The number of carboxylic acid groups (broad SMARTS) is 1. The third kappa shape index (κ3) is 2.85. The molecule has 5 nitrogen and oxygen atoms in total. The molecule has 66 valence electrons. The summed E-state index contributed by atoms with van der Waals surface area (Å²) in [7, 11) is -3.71. The Labute approximate surface area is 64.6 Å². The highest BCUT2D eigenvalue weighted by molar-refractivity contribution is 7.92. The van der Waals surface area contributed by atoms with Gasteiger partial charge in [0, 0.05) is 6.26 Å². The number of carbonyl (C=O) groups is 1. The zero-order chi connectivity index (χ0) is 9.23. The Morgan fingerprint density at radius 3 is 1.82 bits per heavy atom. The van der Waals surface area contributed by atoms with Crippen molar-refractivity contribution < 1.29 is 23.4 Å². The molecule has 0 fully saturated rings. The van der Waals surface area contributed by atoms with E-state index in [2.05, 4.69) is 0 Å². The first-order valence-corrected chi connectivity index (χ1v) is 4.82. The Hall–Kier alpha value is -0.620. The second kappa shape index (κ2) is 3.19. The number of sulfone groups is 1. The van der Waals surface area contributed by atoms with Crippen LogP contribution in [0.5, 0.6) is 0 Å². The van der Waals surface area contributed by atoms with E-state index in [1.54, 1.807) is 0 Å². The third-order valence-corrected chi connectivity index (χ3v) is 2.66. The minimum Gasteiger partial charge on any atom is -0.480 e. The fourth-order valence-corrected chi connectivity index (χ4v) is 1.83. The van der Waals surface area contributed by atoms with E-state index < -0.39 is 27.2 Å². The molecule has 0 radical (unpaired) electrons. The van der Waals surface area contributed by atoms with Gasteiger partial charge < -0.3 is 10.2 Å². The van der Waals surface area contributed by atoms with Crippen molar-refractivity contribution in [1.29, 1.82) is 0 Å². The van der Waals surface area contributed by atoms with Gasteiger partial charge in [-0.2, -0.15) is 0 Å². The largest absolute Gasteiger partial charge is 0.480 e. The Kier molecular flexibility index (Phi) is 3.01. The molecule has 2 atom stereocenters. The van der Waals surface area contributed by atoms with E-state index in [-0.39, 0.29) is 0 Å². The monoisotopic (exact) mass is 182 g/mol. The summed E-state index contributed by atoms with van der Waals surface area (Å²) >= 11 is 0. The summed E-state index contributed by atoms with van der Waals surface area (Å²) in [6.45, 7) is 1.12. The Balaban J connectivity index is 4.79. The minimum atomic E-state index is -3.71. The van der Waals surface area contributed by atoms with Crippen molar-refractivity contribution in [1.82, 2.24) is 0 Å². The molecule has 0 rings (SSSR count). The lowest BCUT2D eigenvalue weighted by atomic mass is 10.3. The Morgan fingerprint density at radius 1 is 1.45 bits per heavy atom. The van der Waals surface area contributed by atoms with E-state index in [9.17, 15) is 13.2 Å². The van der Waals surface area contributed by atoms with E-state index in [0.717, 1.165) is 13.2 Å². The van der Waals surface area contributed by atoms with Crippen molar-refractivity contribution in [3.8, 4) is 0 Å². The van der Waals surface area contributed by atoms with Crippen molar-refractivity contribution in [2.45, 2.75) is 18.3 Å². The average molecular weight is 182 g/mol. The highest BCUT2D eigenvalue weighted by atomic mass is 32.2. The molecule has 0 spiro atoms. The summed E-state index contributed by atoms with van der Waals surface area (Å²) in [5.41, 5.74) is 0. The molecular weight excluding hydrogens is 172 g/mol. The standard InChI is InChI=1S/C5H10O5S/c1-3(6)4(5(7)8)11(2,9)10/h3-4,6H,1-2H3,(H,7,8). The minimum absolute atomic E-state index is 0.776. The van der Waals surface area contributed by atoms with Gasteiger partial charge in [-0.1, -0.05) is 0 Å². The first kappa shape index (κ1) is 10.4. The number of carboxylic acids is 1. The van der Waals surface area contributed by atoms with Crippen LogP contribution in [0.3, 0.4) is 0 Å². The van der Waals surface area contributed by atoms with Crippen LogP contribution < -0.4 is 0 Å². The lowest BCUT2D eigenvalue weighted by molar-refractivity contribution is -0.138. The van der Waals surface area contributed by atoms with Gasteiger partial charge in [-0.3, -0.25) is 4.79 Å². The zero-order valence-electron chi connectivity index (χ0n) is 6.18. The topological polar surface area (TPSA) is 91.7 Å². The third-order valence-electron chi connectivity index (χ3n) is 1.14. The van der Waals surface area contributed by atoms with Crippen molar-refractivity contribution in [3.05, 3.63) is 0 Å². The predicted molar refractivity (Wildman–Crippen MR) is 37.9 cm³/mol. The van der Waals surface area contributed by atoms with Crippen molar-refractivity contribution in [3.63, 3.8) is 0 Å². The van der Waals surface area contributed by atoms with E-state index >= 15 is 0 Å². The summed E-state index contributed by atoms with van der Waals surface area (Å²) in [4.78, 5) is 10.2. The van der Waals surface area contributed by atoms with Crippen molar-refractivity contribution >= 4 is 15.8 Å². The fourth-order valence-electron chi connectivity index (χ4n) is 0.747. The van der Waals surface area contributed by atoms with Gasteiger partial charge in [-0.25, -0.2) is 8.42 Å². The highest BCUT2D eigenvalue weighted by Crippen LogP contribution is 2.04. The summed E-state index contributed by atoms with van der Waals surface area (Å²) in [6.07, 6.45) is -0.610. The summed E-state index contributed by atoms with van der Waals surface area (Å²) in [5.74, 6) is -1.53. The number of aliphatic hydroxyl groups is 1. The molecule has 0 aromatic rings. The second-order valence-electron chi connectivity index (χ2n) is 2.33. The normalized spacial score (nSPS) is 17.4. The molecule has 2 N–H and O–H groups in total. The molecule has 0 aliphatic carbocycles. The maximum atomic E-state index is 10.7. The molecule has 0 aromatic heterocycles. The number of aliphatic carboxylic acids is 1. The van der Waals surface area contributed by atoms with Gasteiger partial charge in [0.2, 0.25) is 0 Å². The molecule has 0 bridgehead atoms. The van der Waals surface area contributed by atoms with Crippen LogP contribution in [-0.4, -0.2) is 42.2 Å². The molecule has 0 aliphatic heterocycles. The predicted octanol–water partition coefficient (Wildman–Crippen LogP) is -1.14. The zero-order valence-corrected chi connectivity index (χ0v) is 7.00. The van der Waals surface area contributed by atoms with E-state index in [1.807, 2.05) is 0 Å². The van der Waals surface area contributed by atoms with Crippen LogP contribution in [0.15, 0.2) is 0 Å². The fraction of sp³-hybridized carbons (Fsp3) is 0.800. The van der Waals surface area contributed by atoms with E-state index in [0.29, 0.717) is 0 Å². The lowest BCUT2D eigenvalue weighted by Gasteiger charge is -2.11. The number of hydrogen-bond donors (Lipinski definition) is 2. The first-order valence-electron chi connectivity index (χ1n) is 2.86. The first-order chi connectivity index (χ1) is 4.76. The number of rotatable bonds is 3. The van der Waals surface area contributed by atoms with Gasteiger partial charge in [-0.15, -0.1) is 0 Å². The molecule has 11 heavy (non-hydrogen) atoms. The smallest absolute Gasteiger partial charge is 0.324 e. The second-order valence-corrected chi connectivity index (χ2v) is 4.50. The van der Waals surface area contributed by atoms with Gasteiger partial charge in [0.25, 0.3) is 0 Å². The van der Waals surface area contributed by atoms with Crippen molar-refractivity contribution in [2.24, 2.45) is 0 Å². The van der Waals surface area contributed by atoms with E-state index in [1.165, 1.54) is 0 Å². The lowest BCUT2D eigenvalue weighted by Crippen LogP contribution is -2.38. The molecule has 0 amide bonds. The van der Waals surface area contributed by atoms with E-state index in [4.69, 9.17) is 10.2 Å². The van der Waals surface area contributed by atoms with Crippen LogP contribution in [0.1, 0.15) is 6.92 Å². The summed E-state index contributed by atoms with van der Waals surface area (Å²) < 4.78 is 21.3. The maximum absolute atomic E-state index is 10.7. The van der Waals surface area contributed by atoms with Crippen LogP contribution in [0.2, 0.25) is 0 Å². The molecule has 6 heteroatoms. The van der Waals surface area contributed by atoms with Gasteiger partial charge in [0.15, 0.2) is 15.1 Å². The Morgan fingerprint density at radius 2 is 1.82 bits per heavy atom. The molecule has 0 aromatic carbocycles. The maximum Gasteiger partial charge on any atom is 0.324 e. The van der Waals surface area contributed by atoms with Crippen LogP contribution >= 0.6 is 0 Å². The molecule has 2 unspecified atom stereocenters. The van der Waals surface area contributed by atoms with Gasteiger partial charge in [0.1, 0.15) is 0 Å². The summed E-state index contributed by atoms with van der Waals surface area (Å²) in [6, 6.07) is 0. The van der Waals surface area contributed by atoms with Crippen LogP contribution in [0, 0.1) is 0 Å². The van der Waals surface area contributed by atoms with Gasteiger partial charge in [-0.05, 0) is 6.92 Å². The highest BCUT2D eigenvalue weighted by Gasteiger charge is 2.32. The Bertz CT molecular complexity index is 240. The van der Waals surface area contributed by atoms with Crippen molar-refractivity contribution in [2.75, 3.05) is 6.26 Å². The molecule has 0 heterocycles. The average Bonchev–Trinajstić information content (AvgIpc) is 1.54. The van der Waals surface area contributed by atoms with Gasteiger partial charge >= 0.3 is 5.97 Å². The SMILES string of the molecule is CC(O)C(C(=O)O)S(C)(=O)=O. The molecule has 0 aliphatic rings. The van der Waals surface area contributed by atoms with Crippen LogP contribution in [0.4, 0.5) is 0 Å². The van der Waals surface area contributed by atoms with Crippen LogP contribution in [-0.2, 0) is 14.6 Å². The molecule has 0 saturated carbocycles. The molecule has 0 saturated heterocycles.